The van der Waals surface area contributed by atoms with E-state index in [-0.39, 0.29) is 5.56 Å². The number of rotatable bonds is 1. The maximum absolute atomic E-state index is 13.0. The van der Waals surface area contributed by atoms with Gasteiger partial charge in [-0.25, -0.2) is 4.39 Å². The van der Waals surface area contributed by atoms with E-state index in [0.717, 1.165) is 0 Å². The summed E-state index contributed by atoms with van der Waals surface area (Å²) in [6.45, 7) is 0. The third-order valence-corrected chi connectivity index (χ3v) is 1.91. The SMILES string of the molecule is C#C[C@H](O)c1ccc(Br)cc1F. The lowest BCUT2D eigenvalue weighted by Gasteiger charge is -2.04. The highest BCUT2D eigenvalue weighted by Gasteiger charge is 2.09. The van der Waals surface area contributed by atoms with E-state index in [0.29, 0.717) is 4.47 Å². The van der Waals surface area contributed by atoms with Gasteiger partial charge in [0.25, 0.3) is 0 Å². The molecular formula is C9H6BrFO. The van der Waals surface area contributed by atoms with Gasteiger partial charge in [0.05, 0.1) is 0 Å². The molecule has 1 aromatic rings. The van der Waals surface area contributed by atoms with Crippen molar-refractivity contribution < 1.29 is 9.50 Å². The molecule has 0 amide bonds. The van der Waals surface area contributed by atoms with Gasteiger partial charge in [-0.05, 0) is 12.1 Å². The van der Waals surface area contributed by atoms with Crippen LogP contribution in [0.2, 0.25) is 0 Å². The van der Waals surface area contributed by atoms with Gasteiger partial charge in [-0.1, -0.05) is 27.9 Å². The number of aliphatic hydroxyl groups is 1. The molecule has 0 heterocycles. The molecule has 1 N–H and O–H groups in total. The second-order valence-corrected chi connectivity index (χ2v) is 3.15. The lowest BCUT2D eigenvalue weighted by molar-refractivity contribution is 0.233. The third-order valence-electron chi connectivity index (χ3n) is 1.41. The number of halogens is 2. The van der Waals surface area contributed by atoms with E-state index in [1.165, 1.54) is 12.1 Å². The molecule has 3 heteroatoms. The minimum absolute atomic E-state index is 0.126. The topological polar surface area (TPSA) is 20.2 Å². The Morgan fingerprint density at radius 1 is 1.58 bits per heavy atom. The van der Waals surface area contributed by atoms with E-state index < -0.39 is 11.9 Å². The van der Waals surface area contributed by atoms with Crippen LogP contribution in [0.5, 0.6) is 0 Å². The van der Waals surface area contributed by atoms with Crippen molar-refractivity contribution in [1.82, 2.24) is 0 Å². The first-order valence-corrected chi connectivity index (χ1v) is 4.03. The van der Waals surface area contributed by atoms with E-state index in [2.05, 4.69) is 15.9 Å². The molecule has 1 atom stereocenters. The van der Waals surface area contributed by atoms with Crippen LogP contribution < -0.4 is 0 Å². The fraction of sp³-hybridized carbons (Fsp3) is 0.111. The normalized spacial score (nSPS) is 12.2. The first kappa shape index (κ1) is 9.24. The molecule has 0 aliphatic heterocycles. The number of hydrogen-bond donors (Lipinski definition) is 1. The van der Waals surface area contributed by atoms with Gasteiger partial charge in [-0.15, -0.1) is 6.42 Å². The summed E-state index contributed by atoms with van der Waals surface area (Å²) >= 11 is 3.09. The molecule has 0 aliphatic rings. The smallest absolute Gasteiger partial charge is 0.142 e. The lowest BCUT2D eigenvalue weighted by atomic mass is 10.1. The van der Waals surface area contributed by atoms with E-state index in [4.69, 9.17) is 11.5 Å². The van der Waals surface area contributed by atoms with Gasteiger partial charge in [0, 0.05) is 10.0 Å². The highest BCUT2D eigenvalue weighted by molar-refractivity contribution is 9.10. The van der Waals surface area contributed by atoms with Crippen LogP contribution in [0.3, 0.4) is 0 Å². The van der Waals surface area contributed by atoms with E-state index >= 15 is 0 Å². The average Bonchev–Trinajstić information content (AvgIpc) is 2.03. The Balaban J connectivity index is 3.11. The number of terminal acetylenes is 1. The van der Waals surface area contributed by atoms with Gasteiger partial charge in [0.15, 0.2) is 0 Å². The molecule has 1 aromatic carbocycles. The van der Waals surface area contributed by atoms with Crippen molar-refractivity contribution in [2.24, 2.45) is 0 Å². The molecule has 62 valence electrons. The van der Waals surface area contributed by atoms with Crippen LogP contribution in [0.1, 0.15) is 11.7 Å². The molecule has 0 unspecified atom stereocenters. The molecule has 0 aromatic heterocycles. The van der Waals surface area contributed by atoms with Crippen molar-refractivity contribution in [3.63, 3.8) is 0 Å². The molecule has 0 spiro atoms. The van der Waals surface area contributed by atoms with Gasteiger partial charge >= 0.3 is 0 Å². The van der Waals surface area contributed by atoms with Crippen LogP contribution in [-0.2, 0) is 0 Å². The molecule has 1 rings (SSSR count). The second-order valence-electron chi connectivity index (χ2n) is 2.24. The quantitative estimate of drug-likeness (QED) is 0.732. The van der Waals surface area contributed by atoms with E-state index in [1.807, 2.05) is 5.92 Å². The fourth-order valence-corrected chi connectivity index (χ4v) is 1.15. The predicted octanol–water partition coefficient (Wildman–Crippen LogP) is 2.25. The molecule has 0 radical (unpaired) electrons. The van der Waals surface area contributed by atoms with Gasteiger partial charge in [-0.2, -0.15) is 0 Å². The molecule has 0 saturated heterocycles. The maximum Gasteiger partial charge on any atom is 0.142 e. The van der Waals surface area contributed by atoms with E-state index in [1.54, 1.807) is 6.07 Å². The zero-order valence-electron chi connectivity index (χ0n) is 6.09. The molecule has 12 heavy (non-hydrogen) atoms. The van der Waals surface area contributed by atoms with E-state index in [9.17, 15) is 4.39 Å². The monoisotopic (exact) mass is 228 g/mol. The van der Waals surface area contributed by atoms with Crippen molar-refractivity contribution in [2.45, 2.75) is 6.10 Å². The van der Waals surface area contributed by atoms with Gasteiger partial charge < -0.3 is 5.11 Å². The molecule has 0 fully saturated rings. The molecule has 1 nitrogen and oxygen atoms in total. The van der Waals surface area contributed by atoms with Gasteiger partial charge in [0.2, 0.25) is 0 Å². The number of aliphatic hydroxyl groups excluding tert-OH is 1. The average molecular weight is 229 g/mol. The van der Waals surface area contributed by atoms with Crippen LogP contribution in [0, 0.1) is 18.2 Å². The second kappa shape index (κ2) is 3.70. The molecule has 0 aliphatic carbocycles. The van der Waals surface area contributed by atoms with Crippen molar-refractivity contribution >= 4 is 15.9 Å². The molecule has 0 saturated carbocycles. The standard InChI is InChI=1S/C9H6BrFO/c1-2-9(12)7-4-3-6(10)5-8(7)11/h1,3-5,9,12H/t9-/m0/s1. The van der Waals surface area contributed by atoms with Gasteiger partial charge in [0.1, 0.15) is 11.9 Å². The van der Waals surface area contributed by atoms with Crippen molar-refractivity contribution in [2.75, 3.05) is 0 Å². The fourth-order valence-electron chi connectivity index (χ4n) is 0.813. The number of hydrogen-bond acceptors (Lipinski definition) is 1. The van der Waals surface area contributed by atoms with Crippen molar-refractivity contribution in [3.05, 3.63) is 34.1 Å². The Bertz CT molecular complexity index is 330. The van der Waals surface area contributed by atoms with Crippen LogP contribution >= 0.6 is 15.9 Å². The molecule has 0 bridgehead atoms. The number of benzene rings is 1. The largest absolute Gasteiger partial charge is 0.376 e. The highest BCUT2D eigenvalue weighted by Crippen LogP contribution is 2.20. The zero-order chi connectivity index (χ0) is 9.14. The first-order valence-electron chi connectivity index (χ1n) is 3.24. The van der Waals surface area contributed by atoms with Crippen LogP contribution in [0.15, 0.2) is 22.7 Å². The maximum atomic E-state index is 13.0. The van der Waals surface area contributed by atoms with Crippen molar-refractivity contribution in [1.29, 1.82) is 0 Å². The Hall–Kier alpha value is -0.850. The Kier molecular flexibility index (Phi) is 2.85. The van der Waals surface area contributed by atoms with Gasteiger partial charge in [-0.3, -0.25) is 0 Å². The summed E-state index contributed by atoms with van der Waals surface area (Å²) in [5.74, 6) is 1.54. The Labute approximate surface area is 78.4 Å². The summed E-state index contributed by atoms with van der Waals surface area (Å²) in [4.78, 5) is 0. The minimum Gasteiger partial charge on any atom is -0.376 e. The van der Waals surface area contributed by atoms with Crippen LogP contribution in [0.25, 0.3) is 0 Å². The summed E-state index contributed by atoms with van der Waals surface area (Å²) in [6, 6.07) is 4.33. The van der Waals surface area contributed by atoms with Crippen LogP contribution in [-0.4, -0.2) is 5.11 Å². The summed E-state index contributed by atoms with van der Waals surface area (Å²) in [7, 11) is 0. The third kappa shape index (κ3) is 1.84. The Morgan fingerprint density at radius 3 is 2.75 bits per heavy atom. The summed E-state index contributed by atoms with van der Waals surface area (Å²) in [6.07, 6.45) is 3.76. The summed E-state index contributed by atoms with van der Waals surface area (Å²) in [5, 5.41) is 9.11. The first-order chi connectivity index (χ1) is 5.65. The highest BCUT2D eigenvalue weighted by atomic mass is 79.9. The summed E-state index contributed by atoms with van der Waals surface area (Å²) in [5.41, 5.74) is 0.126. The molecular weight excluding hydrogens is 223 g/mol. The zero-order valence-corrected chi connectivity index (χ0v) is 7.68. The minimum atomic E-state index is -1.17. The summed E-state index contributed by atoms with van der Waals surface area (Å²) < 4.78 is 13.6. The van der Waals surface area contributed by atoms with Crippen molar-refractivity contribution in [3.8, 4) is 12.3 Å². The lowest BCUT2D eigenvalue weighted by Crippen LogP contribution is -1.96. The van der Waals surface area contributed by atoms with Crippen LogP contribution in [0.4, 0.5) is 4.39 Å². The Morgan fingerprint density at radius 2 is 2.25 bits per heavy atom. The predicted molar refractivity (Wildman–Crippen MR) is 47.9 cm³/mol.